The van der Waals surface area contributed by atoms with E-state index in [1.165, 1.54) is 32.8 Å². The molecule has 1 heterocycles. The van der Waals surface area contributed by atoms with Crippen molar-refractivity contribution in [3.63, 3.8) is 0 Å². The van der Waals surface area contributed by atoms with Crippen LogP contribution in [0.4, 0.5) is 5.69 Å². The van der Waals surface area contributed by atoms with Crippen LogP contribution in [0.1, 0.15) is 5.56 Å². The second kappa shape index (κ2) is 4.14. The topological polar surface area (TPSA) is 12.5 Å². The van der Waals surface area contributed by atoms with Crippen LogP contribution in [-0.2, 0) is 6.42 Å². The fourth-order valence-corrected chi connectivity index (χ4v) is 3.38. The van der Waals surface area contributed by atoms with Crippen molar-refractivity contribution >= 4 is 27.2 Å². The van der Waals surface area contributed by atoms with Crippen LogP contribution in [0.2, 0.25) is 0 Å². The van der Waals surface area contributed by atoms with Crippen molar-refractivity contribution in [1.82, 2.24) is 0 Å². The van der Waals surface area contributed by atoms with Crippen LogP contribution in [0.3, 0.4) is 0 Å². The molecule has 3 aromatic rings. The molecule has 1 aliphatic rings. The Bertz CT molecular complexity index is 822. The minimum atomic E-state index is 0.958. The van der Waals surface area contributed by atoms with Crippen LogP contribution < -0.4 is 9.64 Å². The molecule has 0 saturated carbocycles. The first kappa shape index (κ1) is 11.6. The molecular formula is C18H17NO. The van der Waals surface area contributed by atoms with Gasteiger partial charge in [-0.1, -0.05) is 30.3 Å². The molecule has 0 aromatic heterocycles. The number of fused-ring (bicyclic) bond motifs is 2. The lowest BCUT2D eigenvalue weighted by Gasteiger charge is -2.28. The smallest absolute Gasteiger partial charge is 0.127 e. The summed E-state index contributed by atoms with van der Waals surface area (Å²) >= 11 is 0. The summed E-state index contributed by atoms with van der Waals surface area (Å²) in [7, 11) is 3.92. The van der Waals surface area contributed by atoms with Gasteiger partial charge in [0.25, 0.3) is 0 Å². The molecule has 1 aliphatic heterocycles. The number of likely N-dealkylation sites (N-methyl/N-ethyl adjacent to an activating group) is 1. The summed E-state index contributed by atoms with van der Waals surface area (Å²) in [6.07, 6.45) is 1.11. The highest BCUT2D eigenvalue weighted by Gasteiger charge is 2.19. The van der Waals surface area contributed by atoms with Crippen LogP contribution in [0.15, 0.2) is 42.5 Å². The standard InChI is InChI=1S/C18H17NO/c1-19-10-9-12-5-3-7-14-17(12)15(19)11-13-6-4-8-16(20-2)18(13)14/h3-8,11H,9-10H2,1-2H3. The van der Waals surface area contributed by atoms with E-state index < -0.39 is 0 Å². The fourth-order valence-electron chi connectivity index (χ4n) is 3.38. The number of ether oxygens (including phenoxy) is 1. The largest absolute Gasteiger partial charge is 0.496 e. The highest BCUT2D eigenvalue weighted by atomic mass is 16.5. The van der Waals surface area contributed by atoms with E-state index in [0.717, 1.165) is 18.7 Å². The second-order valence-corrected chi connectivity index (χ2v) is 5.47. The van der Waals surface area contributed by atoms with Gasteiger partial charge in [0.2, 0.25) is 0 Å². The maximum absolute atomic E-state index is 5.58. The van der Waals surface area contributed by atoms with E-state index in [9.17, 15) is 0 Å². The average Bonchev–Trinajstić information content (AvgIpc) is 2.50. The highest BCUT2D eigenvalue weighted by molar-refractivity contribution is 6.16. The zero-order valence-corrected chi connectivity index (χ0v) is 11.8. The Morgan fingerprint density at radius 2 is 1.90 bits per heavy atom. The van der Waals surface area contributed by atoms with Gasteiger partial charge in [0, 0.05) is 30.1 Å². The Morgan fingerprint density at radius 3 is 2.75 bits per heavy atom. The lowest BCUT2D eigenvalue weighted by Crippen LogP contribution is -2.24. The van der Waals surface area contributed by atoms with Gasteiger partial charge in [0.15, 0.2) is 0 Å². The summed E-state index contributed by atoms with van der Waals surface area (Å²) in [5, 5.41) is 5.17. The van der Waals surface area contributed by atoms with Gasteiger partial charge >= 0.3 is 0 Å². The molecule has 100 valence electrons. The first-order chi connectivity index (χ1) is 9.79. The molecule has 4 rings (SSSR count). The normalized spacial score (nSPS) is 14.0. The van der Waals surface area contributed by atoms with Gasteiger partial charge in [-0.05, 0) is 34.9 Å². The molecule has 3 aromatic carbocycles. The van der Waals surface area contributed by atoms with Crippen molar-refractivity contribution in [2.75, 3.05) is 25.6 Å². The molecule has 0 radical (unpaired) electrons. The second-order valence-electron chi connectivity index (χ2n) is 5.47. The number of hydrogen-bond acceptors (Lipinski definition) is 2. The molecule has 0 fully saturated rings. The summed E-state index contributed by atoms with van der Waals surface area (Å²) < 4.78 is 5.58. The maximum Gasteiger partial charge on any atom is 0.127 e. The Labute approximate surface area is 118 Å². The van der Waals surface area contributed by atoms with Gasteiger partial charge in [-0.2, -0.15) is 0 Å². The van der Waals surface area contributed by atoms with Crippen molar-refractivity contribution in [1.29, 1.82) is 0 Å². The molecule has 2 heteroatoms. The summed E-state index contributed by atoms with van der Waals surface area (Å²) in [6.45, 7) is 1.08. The minimum Gasteiger partial charge on any atom is -0.496 e. The predicted octanol–water partition coefficient (Wildman–Crippen LogP) is 3.99. The Balaban J connectivity index is 2.26. The van der Waals surface area contributed by atoms with Gasteiger partial charge in [-0.15, -0.1) is 0 Å². The van der Waals surface area contributed by atoms with Crippen LogP contribution in [0.5, 0.6) is 5.75 Å². The summed E-state index contributed by atoms with van der Waals surface area (Å²) in [5.74, 6) is 0.958. The van der Waals surface area contributed by atoms with Crippen molar-refractivity contribution in [2.45, 2.75) is 6.42 Å². The zero-order chi connectivity index (χ0) is 13.7. The van der Waals surface area contributed by atoms with E-state index in [0.29, 0.717) is 0 Å². The molecule has 0 unspecified atom stereocenters. The lowest BCUT2D eigenvalue weighted by molar-refractivity contribution is 0.420. The Kier molecular flexibility index (Phi) is 2.40. The number of rotatable bonds is 1. The van der Waals surface area contributed by atoms with Crippen LogP contribution in [-0.4, -0.2) is 20.7 Å². The monoisotopic (exact) mass is 263 g/mol. The van der Waals surface area contributed by atoms with Crippen LogP contribution in [0, 0.1) is 0 Å². The van der Waals surface area contributed by atoms with Crippen molar-refractivity contribution in [2.24, 2.45) is 0 Å². The molecule has 0 bridgehead atoms. The first-order valence-electron chi connectivity index (χ1n) is 7.02. The summed E-state index contributed by atoms with van der Waals surface area (Å²) in [4.78, 5) is 2.36. The third kappa shape index (κ3) is 1.45. The predicted molar refractivity (Wildman–Crippen MR) is 85.0 cm³/mol. The van der Waals surface area contributed by atoms with Gasteiger partial charge in [-0.25, -0.2) is 0 Å². The number of hydrogen-bond donors (Lipinski definition) is 0. The SMILES string of the molecule is COc1cccc2cc3c4c(cccc4c12)CCN3C. The van der Waals surface area contributed by atoms with E-state index in [-0.39, 0.29) is 0 Å². The number of methoxy groups -OCH3 is 1. The molecule has 0 saturated heterocycles. The van der Waals surface area contributed by atoms with Crippen LogP contribution >= 0.6 is 0 Å². The molecular weight excluding hydrogens is 246 g/mol. The van der Waals surface area contributed by atoms with E-state index in [1.807, 2.05) is 6.07 Å². The quantitative estimate of drug-likeness (QED) is 0.615. The maximum atomic E-state index is 5.58. The Morgan fingerprint density at radius 1 is 1.05 bits per heavy atom. The lowest BCUT2D eigenvalue weighted by atomic mass is 9.92. The highest BCUT2D eigenvalue weighted by Crippen LogP contribution is 2.41. The third-order valence-corrected chi connectivity index (χ3v) is 4.37. The zero-order valence-electron chi connectivity index (χ0n) is 11.8. The number of anilines is 1. The molecule has 0 spiro atoms. The van der Waals surface area contributed by atoms with Gasteiger partial charge < -0.3 is 9.64 Å². The molecule has 0 aliphatic carbocycles. The summed E-state index contributed by atoms with van der Waals surface area (Å²) in [6, 6.07) is 15.2. The van der Waals surface area contributed by atoms with E-state index in [1.54, 1.807) is 7.11 Å². The van der Waals surface area contributed by atoms with Crippen molar-refractivity contribution in [3.05, 3.63) is 48.0 Å². The number of benzene rings is 3. The fraction of sp³-hybridized carbons (Fsp3) is 0.222. The van der Waals surface area contributed by atoms with Gasteiger partial charge in [-0.3, -0.25) is 0 Å². The molecule has 0 amide bonds. The average molecular weight is 263 g/mol. The van der Waals surface area contributed by atoms with Crippen molar-refractivity contribution in [3.8, 4) is 5.75 Å². The third-order valence-electron chi connectivity index (χ3n) is 4.37. The minimum absolute atomic E-state index is 0.958. The molecule has 0 N–H and O–H groups in total. The van der Waals surface area contributed by atoms with E-state index >= 15 is 0 Å². The van der Waals surface area contributed by atoms with Gasteiger partial charge in [0.1, 0.15) is 5.75 Å². The first-order valence-corrected chi connectivity index (χ1v) is 7.02. The molecule has 20 heavy (non-hydrogen) atoms. The molecule has 2 nitrogen and oxygen atoms in total. The van der Waals surface area contributed by atoms with Gasteiger partial charge in [0.05, 0.1) is 7.11 Å². The van der Waals surface area contributed by atoms with E-state index in [2.05, 4.69) is 48.3 Å². The van der Waals surface area contributed by atoms with E-state index in [4.69, 9.17) is 4.74 Å². The Hall–Kier alpha value is -2.22. The van der Waals surface area contributed by atoms with Crippen LogP contribution in [0.25, 0.3) is 21.5 Å². The number of nitrogens with zero attached hydrogens (tertiary/aromatic N) is 1. The summed E-state index contributed by atoms with van der Waals surface area (Å²) in [5.41, 5.74) is 2.78. The molecule has 0 atom stereocenters. The van der Waals surface area contributed by atoms with Crippen molar-refractivity contribution < 1.29 is 4.74 Å².